The van der Waals surface area contributed by atoms with Gasteiger partial charge < -0.3 is 9.13 Å². The highest BCUT2D eigenvalue weighted by atomic mass is 19.4. The minimum Gasteiger partial charge on any atom is -0.308 e. The third-order valence-electron chi connectivity index (χ3n) is 15.5. The Balaban J connectivity index is 1.29. The van der Waals surface area contributed by atoms with E-state index < -0.39 is 11.7 Å². The fourth-order valence-corrected chi connectivity index (χ4v) is 12.5. The van der Waals surface area contributed by atoms with E-state index in [0.717, 1.165) is 98.8 Å². The molecule has 0 amide bonds. The molecule has 0 N–H and O–H groups in total. The lowest BCUT2D eigenvalue weighted by atomic mass is 9.94. The largest absolute Gasteiger partial charge is 0.420 e. The van der Waals surface area contributed by atoms with Crippen LogP contribution in [0.5, 0.6) is 0 Å². The van der Waals surface area contributed by atoms with Gasteiger partial charge in [-0.2, -0.15) is 23.7 Å². The van der Waals surface area contributed by atoms with Crippen molar-refractivity contribution in [2.24, 2.45) is 0 Å². The van der Waals surface area contributed by atoms with Crippen LogP contribution in [0, 0.1) is 50.4 Å². The van der Waals surface area contributed by atoms with Gasteiger partial charge in [0.1, 0.15) is 5.56 Å². The summed E-state index contributed by atoms with van der Waals surface area (Å²) in [5, 5.41) is 25.8. The number of aryl methyl sites for hydroxylation is 4. The maximum absolute atomic E-state index is 17.5. The number of alkyl halides is 3. The predicted octanol–water partition coefficient (Wildman–Crippen LogP) is 17.8. The molecule has 4 nitrogen and oxygen atoms in total. The minimum atomic E-state index is -4.94. The number of nitriles is 2. The molecule has 0 fully saturated rings. The summed E-state index contributed by atoms with van der Waals surface area (Å²) in [7, 11) is 0. The van der Waals surface area contributed by atoms with E-state index in [1.165, 1.54) is 17.2 Å². The SMILES string of the molecule is CC1=CC(=c2ccc3c4ccc(=C5C=C(C)C=C(C)C5)cc4n(-c4cc(-c5cc(C#N)cc(C#N)c5)cc(-n5c6cc(-c7cc(C)cc(C)c7)ccc6c6ccc(-c7cc(C)cc(C)c7)cc65)c4C(F)(F)F)c3c2)CC(C)=C1. The number of hydrogen-bond donors (Lipinski definition) is 0. The van der Waals surface area contributed by atoms with Crippen LogP contribution in [0.25, 0.3) is 99.5 Å². The van der Waals surface area contributed by atoms with E-state index in [0.29, 0.717) is 46.0 Å². The maximum atomic E-state index is 17.5. The number of benzene rings is 8. The van der Waals surface area contributed by atoms with Gasteiger partial charge in [0, 0.05) is 21.5 Å². The molecule has 2 aromatic heterocycles. The molecule has 0 unspecified atom stereocenters. The Morgan fingerprint density at radius 3 is 1.12 bits per heavy atom. The van der Waals surface area contributed by atoms with Crippen LogP contribution in [0.3, 0.4) is 0 Å². The van der Waals surface area contributed by atoms with E-state index >= 15 is 13.2 Å². The van der Waals surface area contributed by atoms with Gasteiger partial charge in [0.25, 0.3) is 0 Å². The number of hydrogen-bond acceptors (Lipinski definition) is 2. The predicted molar refractivity (Wildman–Crippen MR) is 315 cm³/mol. The molecule has 0 aliphatic heterocycles. The van der Waals surface area contributed by atoms with Crippen molar-refractivity contribution >= 4 is 54.8 Å². The van der Waals surface area contributed by atoms with Gasteiger partial charge in [-0.1, -0.05) is 154 Å². The van der Waals surface area contributed by atoms with Crippen molar-refractivity contribution in [1.82, 2.24) is 9.13 Å². The topological polar surface area (TPSA) is 57.4 Å². The fourth-order valence-electron chi connectivity index (χ4n) is 12.5. The van der Waals surface area contributed by atoms with Crippen LogP contribution in [-0.4, -0.2) is 9.13 Å². The molecule has 10 aromatic rings. The average molecular weight is 1020 g/mol. The van der Waals surface area contributed by atoms with Crippen LogP contribution in [0.4, 0.5) is 13.2 Å². The molecular weight excluding hydrogens is 966 g/mol. The molecule has 8 aromatic carbocycles. The van der Waals surface area contributed by atoms with E-state index in [9.17, 15) is 10.5 Å². The van der Waals surface area contributed by atoms with Crippen molar-refractivity contribution in [3.05, 3.63) is 236 Å². The third kappa shape index (κ3) is 8.86. The Hall–Kier alpha value is -9.17. The molecule has 2 aliphatic carbocycles. The molecule has 0 bridgehead atoms. The summed E-state index contributed by atoms with van der Waals surface area (Å²) in [5.74, 6) is 0. The highest BCUT2D eigenvalue weighted by Gasteiger charge is 2.40. The number of nitrogens with zero attached hydrogens (tertiary/aromatic N) is 4. The van der Waals surface area contributed by atoms with Gasteiger partial charge in [-0.3, -0.25) is 0 Å². The smallest absolute Gasteiger partial charge is 0.308 e. The van der Waals surface area contributed by atoms with E-state index in [1.807, 2.05) is 33.4 Å². The lowest BCUT2D eigenvalue weighted by Gasteiger charge is -2.23. The number of fused-ring (bicyclic) bond motifs is 6. The van der Waals surface area contributed by atoms with Gasteiger partial charge in [0.2, 0.25) is 0 Å². The van der Waals surface area contributed by atoms with Crippen molar-refractivity contribution < 1.29 is 13.2 Å². The first kappa shape index (κ1) is 49.7. The molecule has 12 rings (SSSR count). The zero-order chi connectivity index (χ0) is 54.5. The Morgan fingerprint density at radius 2 is 0.744 bits per heavy atom. The second-order valence-electron chi connectivity index (χ2n) is 21.9. The number of rotatable bonds is 5. The van der Waals surface area contributed by atoms with Gasteiger partial charge >= 0.3 is 6.18 Å². The first-order valence-corrected chi connectivity index (χ1v) is 26.4. The Bertz CT molecular complexity index is 4350. The summed E-state index contributed by atoms with van der Waals surface area (Å²) >= 11 is 0. The lowest BCUT2D eigenvalue weighted by molar-refractivity contribution is -0.137. The van der Waals surface area contributed by atoms with Crippen LogP contribution in [0.15, 0.2) is 186 Å². The molecule has 0 radical (unpaired) electrons. The van der Waals surface area contributed by atoms with Gasteiger partial charge in [-0.25, -0.2) is 0 Å². The monoisotopic (exact) mass is 1020 g/mol. The molecule has 0 saturated carbocycles. The molecule has 0 saturated heterocycles. The standard InChI is InChI=1S/C71H55F3N4/c1-40-17-41(2)22-54(21-40)50-9-13-60-61-14-10-51(55-23-42(3)18-43(4)24-55)33-65(61)77(64(60)32-50)68-36-59(58-30-48(38-75)29-49(31-58)39-76)37-69(70(68)71(72,73)74)78-66-34-52(56-25-44(5)19-45(6)26-56)11-15-62(66)63-16-12-53(35-67(63)78)57-27-46(7)20-47(8)28-57/h9-25,27,29-37H,26,28H2,1-8H3. The van der Waals surface area contributed by atoms with Crippen molar-refractivity contribution in [3.8, 4) is 56.9 Å². The van der Waals surface area contributed by atoms with Crippen molar-refractivity contribution in [2.75, 3.05) is 0 Å². The third-order valence-corrected chi connectivity index (χ3v) is 15.5. The normalized spacial score (nSPS) is 15.3. The Kier molecular flexibility index (Phi) is 12.0. The summed E-state index contributed by atoms with van der Waals surface area (Å²) < 4.78 is 56.1. The molecule has 2 aliphatic rings. The number of aromatic nitrogens is 2. The zero-order valence-corrected chi connectivity index (χ0v) is 44.9. The van der Waals surface area contributed by atoms with Crippen LogP contribution in [0.2, 0.25) is 0 Å². The summed E-state index contributed by atoms with van der Waals surface area (Å²) in [6.45, 7) is 16.6. The quantitative estimate of drug-likeness (QED) is 0.172. The van der Waals surface area contributed by atoms with Crippen molar-refractivity contribution in [3.63, 3.8) is 0 Å². The van der Waals surface area contributed by atoms with Gasteiger partial charge in [0.05, 0.1) is 56.7 Å². The van der Waals surface area contributed by atoms with Gasteiger partial charge in [-0.15, -0.1) is 0 Å². The van der Waals surface area contributed by atoms with E-state index in [4.69, 9.17) is 0 Å². The summed E-state index contributed by atoms with van der Waals surface area (Å²) in [6.07, 6.45) is 5.14. The highest BCUT2D eigenvalue weighted by Crippen LogP contribution is 2.47. The first-order chi connectivity index (χ1) is 37.4. The van der Waals surface area contributed by atoms with Crippen LogP contribution >= 0.6 is 0 Å². The van der Waals surface area contributed by atoms with Gasteiger partial charge in [0.15, 0.2) is 0 Å². The Labute approximate surface area is 452 Å². The summed E-state index contributed by atoms with van der Waals surface area (Å²) in [6, 6.07) is 49.8. The van der Waals surface area contributed by atoms with Gasteiger partial charge in [-0.05, 0) is 178 Å². The van der Waals surface area contributed by atoms with E-state index in [-0.39, 0.29) is 22.5 Å². The minimum absolute atomic E-state index is 0.0796. The fraction of sp³-hybridized carbons (Fsp3) is 0.155. The molecule has 0 spiro atoms. The molecule has 0 atom stereocenters. The summed E-state index contributed by atoms with van der Waals surface area (Å²) in [4.78, 5) is 0. The zero-order valence-electron chi connectivity index (χ0n) is 44.9. The Morgan fingerprint density at radius 1 is 0.385 bits per heavy atom. The van der Waals surface area contributed by atoms with Crippen molar-refractivity contribution in [1.29, 1.82) is 10.5 Å². The van der Waals surface area contributed by atoms with Crippen molar-refractivity contribution in [2.45, 2.75) is 74.4 Å². The highest BCUT2D eigenvalue weighted by molar-refractivity contribution is 6.12. The van der Waals surface area contributed by atoms with Crippen LogP contribution < -0.4 is 10.4 Å². The van der Waals surface area contributed by atoms with E-state index in [2.05, 4.69) is 177 Å². The second kappa shape index (κ2) is 18.8. The van der Waals surface area contributed by atoms with Crippen LogP contribution in [0.1, 0.15) is 79.5 Å². The number of allylic oxidation sites excluding steroid dienone is 8. The molecule has 7 heteroatoms. The average Bonchev–Trinajstić information content (AvgIpc) is 4.01. The van der Waals surface area contributed by atoms with Crippen LogP contribution in [-0.2, 0) is 6.18 Å². The lowest BCUT2D eigenvalue weighted by Crippen LogP contribution is -2.17. The molecular formula is C71H55F3N4. The molecule has 2 heterocycles. The summed E-state index contributed by atoms with van der Waals surface area (Å²) in [5.41, 5.74) is 17.5. The molecule has 78 heavy (non-hydrogen) atoms. The molecule has 380 valence electrons. The first-order valence-electron chi connectivity index (χ1n) is 26.4. The number of halogens is 3. The van der Waals surface area contributed by atoms with E-state index in [1.54, 1.807) is 24.3 Å². The maximum Gasteiger partial charge on any atom is 0.420 e. The second-order valence-corrected chi connectivity index (χ2v) is 21.9.